The first-order valence-electron chi connectivity index (χ1n) is 6.72. The Morgan fingerprint density at radius 3 is 3.00 bits per heavy atom. The standard InChI is InChI=1S/C15H19FN2OS/c1-3-6-17-8-15-18-13(10-20-15)9-19-14-5-4-12(16)7-11(14)2/h4-5,7,10,17H,3,6,8-9H2,1-2H3. The Balaban J connectivity index is 1.87. The lowest BCUT2D eigenvalue weighted by molar-refractivity contribution is 0.299. The molecule has 1 aromatic carbocycles. The molecule has 0 unspecified atom stereocenters. The third kappa shape index (κ3) is 4.28. The lowest BCUT2D eigenvalue weighted by Crippen LogP contribution is -2.13. The van der Waals surface area contributed by atoms with Gasteiger partial charge in [-0.15, -0.1) is 11.3 Å². The zero-order valence-electron chi connectivity index (χ0n) is 11.8. The molecule has 5 heteroatoms. The van der Waals surface area contributed by atoms with Crippen LogP contribution in [0.2, 0.25) is 0 Å². The van der Waals surface area contributed by atoms with E-state index >= 15 is 0 Å². The molecule has 1 aromatic heterocycles. The van der Waals surface area contributed by atoms with Gasteiger partial charge >= 0.3 is 0 Å². The van der Waals surface area contributed by atoms with Gasteiger partial charge in [-0.2, -0.15) is 0 Å². The Bertz CT molecular complexity index is 557. The fourth-order valence-corrected chi connectivity index (χ4v) is 2.54. The Hall–Kier alpha value is -1.46. The summed E-state index contributed by atoms with van der Waals surface area (Å²) in [7, 11) is 0. The van der Waals surface area contributed by atoms with E-state index in [4.69, 9.17) is 4.74 Å². The first kappa shape index (κ1) is 14.9. The fourth-order valence-electron chi connectivity index (χ4n) is 1.79. The molecule has 0 aliphatic rings. The molecule has 0 radical (unpaired) electrons. The monoisotopic (exact) mass is 294 g/mol. The summed E-state index contributed by atoms with van der Waals surface area (Å²) < 4.78 is 18.7. The van der Waals surface area contributed by atoms with Gasteiger partial charge in [0.15, 0.2) is 0 Å². The Labute approximate surface area is 122 Å². The molecule has 20 heavy (non-hydrogen) atoms. The average Bonchev–Trinajstić information content (AvgIpc) is 2.86. The number of nitrogens with zero attached hydrogens (tertiary/aromatic N) is 1. The maximum Gasteiger partial charge on any atom is 0.131 e. The fraction of sp³-hybridized carbons (Fsp3) is 0.400. The number of benzene rings is 1. The summed E-state index contributed by atoms with van der Waals surface area (Å²) in [5, 5.41) is 6.38. The number of aromatic nitrogens is 1. The van der Waals surface area contributed by atoms with Gasteiger partial charge in [-0.25, -0.2) is 9.37 Å². The highest BCUT2D eigenvalue weighted by atomic mass is 32.1. The predicted octanol–water partition coefficient (Wildman–Crippen LogP) is 3.67. The summed E-state index contributed by atoms with van der Waals surface area (Å²) in [6.07, 6.45) is 1.12. The molecule has 0 spiro atoms. The molecule has 0 aliphatic heterocycles. The van der Waals surface area contributed by atoms with Gasteiger partial charge in [0.25, 0.3) is 0 Å². The van der Waals surface area contributed by atoms with Gasteiger partial charge in [0.2, 0.25) is 0 Å². The van der Waals surface area contributed by atoms with Gasteiger partial charge < -0.3 is 10.1 Å². The van der Waals surface area contributed by atoms with Gasteiger partial charge in [-0.05, 0) is 43.7 Å². The molecular weight excluding hydrogens is 275 g/mol. The maximum atomic E-state index is 13.0. The van der Waals surface area contributed by atoms with Crippen LogP contribution in [-0.4, -0.2) is 11.5 Å². The molecule has 108 valence electrons. The molecule has 3 nitrogen and oxygen atoms in total. The quantitative estimate of drug-likeness (QED) is 0.791. The van der Waals surface area contributed by atoms with Crippen molar-refractivity contribution in [1.29, 1.82) is 0 Å². The van der Waals surface area contributed by atoms with Crippen molar-refractivity contribution in [3.05, 3.63) is 45.7 Å². The minimum Gasteiger partial charge on any atom is -0.487 e. The highest BCUT2D eigenvalue weighted by molar-refractivity contribution is 7.09. The third-order valence-electron chi connectivity index (χ3n) is 2.81. The highest BCUT2D eigenvalue weighted by Gasteiger charge is 2.05. The molecule has 0 bridgehead atoms. The summed E-state index contributed by atoms with van der Waals surface area (Å²) in [4.78, 5) is 4.50. The predicted molar refractivity (Wildman–Crippen MR) is 79.6 cm³/mol. The van der Waals surface area contributed by atoms with Gasteiger partial charge in [0, 0.05) is 11.9 Å². The zero-order valence-corrected chi connectivity index (χ0v) is 12.6. The summed E-state index contributed by atoms with van der Waals surface area (Å²) in [6.45, 7) is 6.18. The van der Waals surface area contributed by atoms with Gasteiger partial charge in [-0.3, -0.25) is 0 Å². The van der Waals surface area contributed by atoms with Crippen molar-refractivity contribution in [3.8, 4) is 5.75 Å². The number of ether oxygens (including phenoxy) is 1. The SMILES string of the molecule is CCCNCc1nc(COc2ccc(F)cc2C)cs1. The largest absolute Gasteiger partial charge is 0.487 e. The van der Waals surface area contributed by atoms with Gasteiger partial charge in [-0.1, -0.05) is 6.92 Å². The summed E-state index contributed by atoms with van der Waals surface area (Å²) in [5.41, 5.74) is 1.71. The molecule has 1 heterocycles. The van der Waals surface area contributed by atoms with E-state index in [0.717, 1.165) is 35.8 Å². The lowest BCUT2D eigenvalue weighted by atomic mass is 10.2. The molecule has 0 aliphatic carbocycles. The second-order valence-corrected chi connectivity index (χ2v) is 5.55. The minimum atomic E-state index is -0.243. The number of hydrogen-bond acceptors (Lipinski definition) is 4. The van der Waals surface area contributed by atoms with Crippen LogP contribution in [0.3, 0.4) is 0 Å². The van der Waals surface area contributed by atoms with E-state index in [-0.39, 0.29) is 5.82 Å². The molecule has 0 saturated heterocycles. The van der Waals surface area contributed by atoms with Crippen LogP contribution in [0.4, 0.5) is 4.39 Å². The van der Waals surface area contributed by atoms with Gasteiger partial charge in [0.1, 0.15) is 23.2 Å². The first-order chi connectivity index (χ1) is 9.69. The first-order valence-corrected chi connectivity index (χ1v) is 7.60. The number of aryl methyl sites for hydroxylation is 1. The van der Waals surface area contributed by atoms with Crippen LogP contribution >= 0.6 is 11.3 Å². The third-order valence-corrected chi connectivity index (χ3v) is 3.71. The van der Waals surface area contributed by atoms with Crippen molar-refractivity contribution in [3.63, 3.8) is 0 Å². The molecule has 1 N–H and O–H groups in total. The average molecular weight is 294 g/mol. The Kier molecular flexibility index (Phi) is 5.49. The van der Waals surface area contributed by atoms with Crippen LogP contribution in [0.5, 0.6) is 5.75 Å². The smallest absolute Gasteiger partial charge is 0.131 e. The molecule has 2 rings (SSSR count). The Morgan fingerprint density at radius 1 is 1.40 bits per heavy atom. The number of halogens is 1. The summed E-state index contributed by atoms with van der Waals surface area (Å²) >= 11 is 1.63. The number of nitrogens with one attached hydrogen (secondary N) is 1. The molecule has 2 aromatic rings. The van der Waals surface area contributed by atoms with Crippen molar-refractivity contribution in [1.82, 2.24) is 10.3 Å². The van der Waals surface area contributed by atoms with Crippen LogP contribution < -0.4 is 10.1 Å². The van der Waals surface area contributed by atoms with E-state index in [2.05, 4.69) is 17.2 Å². The molecule has 0 atom stereocenters. The van der Waals surface area contributed by atoms with Crippen molar-refractivity contribution in [2.24, 2.45) is 0 Å². The van der Waals surface area contributed by atoms with Crippen LogP contribution in [0.15, 0.2) is 23.6 Å². The van der Waals surface area contributed by atoms with E-state index in [1.165, 1.54) is 12.1 Å². The summed E-state index contributed by atoms with van der Waals surface area (Å²) in [5.74, 6) is 0.456. The van der Waals surface area contributed by atoms with E-state index < -0.39 is 0 Å². The summed E-state index contributed by atoms with van der Waals surface area (Å²) in [6, 6.07) is 4.53. The van der Waals surface area contributed by atoms with Crippen molar-refractivity contribution >= 4 is 11.3 Å². The normalized spacial score (nSPS) is 10.8. The molecule has 0 amide bonds. The highest BCUT2D eigenvalue weighted by Crippen LogP contribution is 2.20. The van der Waals surface area contributed by atoms with Gasteiger partial charge in [0.05, 0.1) is 5.69 Å². The number of rotatable bonds is 7. The number of thiazole rings is 1. The maximum absolute atomic E-state index is 13.0. The zero-order chi connectivity index (χ0) is 14.4. The number of hydrogen-bond donors (Lipinski definition) is 1. The topological polar surface area (TPSA) is 34.2 Å². The second kappa shape index (κ2) is 7.36. The van der Waals surface area contributed by atoms with Crippen LogP contribution in [0.25, 0.3) is 0 Å². The minimum absolute atomic E-state index is 0.243. The van der Waals surface area contributed by atoms with Crippen LogP contribution in [-0.2, 0) is 13.2 Å². The molecular formula is C15H19FN2OS. The Morgan fingerprint density at radius 2 is 2.25 bits per heavy atom. The molecule has 0 fully saturated rings. The second-order valence-electron chi connectivity index (χ2n) is 4.61. The lowest BCUT2D eigenvalue weighted by Gasteiger charge is -2.07. The van der Waals surface area contributed by atoms with E-state index in [1.807, 2.05) is 12.3 Å². The van der Waals surface area contributed by atoms with E-state index in [9.17, 15) is 4.39 Å². The van der Waals surface area contributed by atoms with Crippen molar-refractivity contribution < 1.29 is 9.13 Å². The van der Waals surface area contributed by atoms with Crippen molar-refractivity contribution in [2.45, 2.75) is 33.4 Å². The van der Waals surface area contributed by atoms with Crippen LogP contribution in [0, 0.1) is 12.7 Å². The van der Waals surface area contributed by atoms with Crippen molar-refractivity contribution in [2.75, 3.05) is 6.54 Å². The molecule has 0 saturated carbocycles. The van der Waals surface area contributed by atoms with E-state index in [1.54, 1.807) is 17.4 Å². The van der Waals surface area contributed by atoms with Crippen LogP contribution in [0.1, 0.15) is 29.6 Å². The van der Waals surface area contributed by atoms with E-state index in [0.29, 0.717) is 12.4 Å².